The lowest BCUT2D eigenvalue weighted by atomic mass is 10.3. The zero-order valence-electron chi connectivity index (χ0n) is 9.86. The summed E-state index contributed by atoms with van der Waals surface area (Å²) < 4.78 is 40.2. The number of halogens is 2. The Bertz CT molecular complexity index is 550. The predicted octanol–water partition coefficient (Wildman–Crippen LogP) is 1.57. The van der Waals surface area contributed by atoms with E-state index in [4.69, 9.17) is 0 Å². The van der Waals surface area contributed by atoms with Gasteiger partial charge in [-0.2, -0.15) is 4.31 Å². The molecule has 1 aliphatic heterocycles. The number of nitrogens with one attached hydrogen (secondary N) is 1. The van der Waals surface area contributed by atoms with E-state index in [9.17, 15) is 12.8 Å². The van der Waals surface area contributed by atoms with Crippen LogP contribution in [-0.2, 0) is 10.0 Å². The van der Waals surface area contributed by atoms with Crippen LogP contribution in [0, 0.1) is 5.82 Å². The summed E-state index contributed by atoms with van der Waals surface area (Å²) in [5.41, 5.74) is 0. The van der Waals surface area contributed by atoms with Gasteiger partial charge in [0, 0.05) is 25.7 Å². The molecule has 0 spiro atoms. The molecule has 0 aromatic heterocycles. The second-order valence-electron chi connectivity index (χ2n) is 4.22. The summed E-state index contributed by atoms with van der Waals surface area (Å²) in [5.74, 6) is -0.733. The third-order valence-corrected chi connectivity index (χ3v) is 5.59. The van der Waals surface area contributed by atoms with Gasteiger partial charge in [0.15, 0.2) is 5.82 Å². The molecule has 1 aliphatic rings. The molecule has 0 aliphatic carbocycles. The van der Waals surface area contributed by atoms with Crippen LogP contribution in [0.4, 0.5) is 4.39 Å². The van der Waals surface area contributed by atoms with Crippen LogP contribution in [0.15, 0.2) is 27.6 Å². The summed E-state index contributed by atoms with van der Waals surface area (Å²) in [5, 5.41) is 3.10. The molecule has 1 atom stereocenters. The summed E-state index contributed by atoms with van der Waals surface area (Å²) in [7, 11) is -3.78. The minimum atomic E-state index is -3.78. The molecule has 7 heteroatoms. The van der Waals surface area contributed by atoms with Crippen molar-refractivity contribution in [3.8, 4) is 0 Å². The molecule has 1 aromatic rings. The van der Waals surface area contributed by atoms with Crippen molar-refractivity contribution in [3.63, 3.8) is 0 Å². The van der Waals surface area contributed by atoms with Crippen LogP contribution in [-0.4, -0.2) is 38.4 Å². The summed E-state index contributed by atoms with van der Waals surface area (Å²) in [6.45, 7) is 3.32. The number of sulfonamides is 1. The SMILES string of the molecule is CC1CNCCN1S(=O)(=O)c1cccc(Br)c1F. The van der Waals surface area contributed by atoms with Gasteiger partial charge in [0.1, 0.15) is 4.90 Å². The van der Waals surface area contributed by atoms with Gasteiger partial charge >= 0.3 is 0 Å². The van der Waals surface area contributed by atoms with Crippen molar-refractivity contribution in [2.75, 3.05) is 19.6 Å². The Hall–Kier alpha value is -0.500. The number of rotatable bonds is 2. The largest absolute Gasteiger partial charge is 0.314 e. The van der Waals surface area contributed by atoms with E-state index in [0.717, 1.165) is 0 Å². The highest BCUT2D eigenvalue weighted by atomic mass is 79.9. The molecule has 1 heterocycles. The maximum atomic E-state index is 13.9. The van der Waals surface area contributed by atoms with Crippen LogP contribution in [0.25, 0.3) is 0 Å². The lowest BCUT2D eigenvalue weighted by Crippen LogP contribution is -2.52. The average Bonchev–Trinajstić information content (AvgIpc) is 2.32. The van der Waals surface area contributed by atoms with E-state index in [1.807, 2.05) is 0 Å². The highest BCUT2D eigenvalue weighted by Crippen LogP contribution is 2.26. The molecule has 1 unspecified atom stereocenters. The zero-order chi connectivity index (χ0) is 13.3. The van der Waals surface area contributed by atoms with E-state index < -0.39 is 15.8 Å². The normalized spacial score (nSPS) is 22.1. The topological polar surface area (TPSA) is 49.4 Å². The van der Waals surface area contributed by atoms with Gasteiger partial charge in [-0.1, -0.05) is 6.07 Å². The van der Waals surface area contributed by atoms with Gasteiger partial charge in [-0.15, -0.1) is 0 Å². The predicted molar refractivity (Wildman–Crippen MR) is 70.3 cm³/mol. The van der Waals surface area contributed by atoms with Crippen molar-refractivity contribution in [1.82, 2.24) is 9.62 Å². The molecule has 2 rings (SSSR count). The fourth-order valence-corrected chi connectivity index (χ4v) is 4.21. The molecule has 1 fully saturated rings. The standard InChI is InChI=1S/C11H14BrFN2O2S/c1-8-7-14-5-6-15(8)18(16,17)10-4-2-3-9(12)11(10)13/h2-4,8,14H,5-7H2,1H3. The molecule has 18 heavy (non-hydrogen) atoms. The van der Waals surface area contributed by atoms with Gasteiger partial charge < -0.3 is 5.32 Å². The van der Waals surface area contributed by atoms with Gasteiger partial charge in [-0.05, 0) is 35.0 Å². The smallest absolute Gasteiger partial charge is 0.246 e. The first-order chi connectivity index (χ1) is 8.44. The van der Waals surface area contributed by atoms with Crippen LogP contribution in [0.3, 0.4) is 0 Å². The lowest BCUT2D eigenvalue weighted by Gasteiger charge is -2.32. The molecule has 100 valence electrons. The maximum Gasteiger partial charge on any atom is 0.246 e. The van der Waals surface area contributed by atoms with Gasteiger partial charge in [0.05, 0.1) is 4.47 Å². The lowest BCUT2D eigenvalue weighted by molar-refractivity contribution is 0.283. The first-order valence-corrected chi connectivity index (χ1v) is 7.84. The third-order valence-electron chi connectivity index (χ3n) is 2.94. The molecule has 4 nitrogen and oxygen atoms in total. The van der Waals surface area contributed by atoms with Crippen LogP contribution < -0.4 is 5.32 Å². The Morgan fingerprint density at radius 1 is 1.50 bits per heavy atom. The molecule has 0 saturated carbocycles. The summed E-state index contributed by atoms with van der Waals surface area (Å²) in [6, 6.07) is 4.12. The van der Waals surface area contributed by atoms with Gasteiger partial charge in [0.25, 0.3) is 0 Å². The van der Waals surface area contributed by atoms with E-state index in [0.29, 0.717) is 19.6 Å². The minimum absolute atomic E-state index is 0.159. The summed E-state index contributed by atoms with van der Waals surface area (Å²) in [6.07, 6.45) is 0. The molecule has 1 N–H and O–H groups in total. The highest BCUT2D eigenvalue weighted by molar-refractivity contribution is 9.10. The van der Waals surface area contributed by atoms with E-state index >= 15 is 0 Å². The van der Waals surface area contributed by atoms with Gasteiger partial charge in [-0.25, -0.2) is 12.8 Å². The first kappa shape index (κ1) is 13.9. The number of hydrogen-bond donors (Lipinski definition) is 1. The molecular formula is C11H14BrFN2O2S. The van der Waals surface area contributed by atoms with Crippen molar-refractivity contribution in [3.05, 3.63) is 28.5 Å². The van der Waals surface area contributed by atoms with Crippen LogP contribution in [0.2, 0.25) is 0 Å². The zero-order valence-corrected chi connectivity index (χ0v) is 12.3. The van der Waals surface area contributed by atoms with Crippen molar-refractivity contribution in [2.24, 2.45) is 0 Å². The molecule has 1 saturated heterocycles. The van der Waals surface area contributed by atoms with Crippen molar-refractivity contribution < 1.29 is 12.8 Å². The van der Waals surface area contributed by atoms with Gasteiger partial charge in [0.2, 0.25) is 10.0 Å². The Morgan fingerprint density at radius 2 is 2.22 bits per heavy atom. The Kier molecular flexibility index (Phi) is 4.05. The number of piperazine rings is 1. The molecule has 0 bridgehead atoms. The third kappa shape index (κ3) is 2.45. The minimum Gasteiger partial charge on any atom is -0.314 e. The first-order valence-electron chi connectivity index (χ1n) is 5.61. The quantitative estimate of drug-likeness (QED) is 0.891. The molecule has 1 aromatic carbocycles. The van der Waals surface area contributed by atoms with Crippen LogP contribution in [0.1, 0.15) is 6.92 Å². The van der Waals surface area contributed by atoms with E-state index in [1.165, 1.54) is 22.5 Å². The van der Waals surface area contributed by atoms with Crippen LogP contribution >= 0.6 is 15.9 Å². The van der Waals surface area contributed by atoms with E-state index in [1.54, 1.807) is 6.92 Å². The Balaban J connectivity index is 2.44. The fourth-order valence-electron chi connectivity index (χ4n) is 1.99. The number of hydrogen-bond acceptors (Lipinski definition) is 3. The second kappa shape index (κ2) is 5.24. The summed E-state index contributed by atoms with van der Waals surface area (Å²) in [4.78, 5) is -0.273. The maximum absolute atomic E-state index is 13.9. The fraction of sp³-hybridized carbons (Fsp3) is 0.455. The van der Waals surface area contributed by atoms with Crippen molar-refractivity contribution in [1.29, 1.82) is 0 Å². The van der Waals surface area contributed by atoms with Gasteiger partial charge in [-0.3, -0.25) is 0 Å². The number of benzene rings is 1. The molecular weight excluding hydrogens is 323 g/mol. The Labute approximate surface area is 114 Å². The number of nitrogens with zero attached hydrogens (tertiary/aromatic N) is 1. The van der Waals surface area contributed by atoms with E-state index in [-0.39, 0.29) is 15.4 Å². The average molecular weight is 337 g/mol. The van der Waals surface area contributed by atoms with Crippen molar-refractivity contribution in [2.45, 2.75) is 17.9 Å². The van der Waals surface area contributed by atoms with E-state index in [2.05, 4.69) is 21.2 Å². The van der Waals surface area contributed by atoms with Crippen molar-refractivity contribution >= 4 is 26.0 Å². The monoisotopic (exact) mass is 336 g/mol. The highest BCUT2D eigenvalue weighted by Gasteiger charge is 2.33. The second-order valence-corrected chi connectivity index (χ2v) is 6.93. The van der Waals surface area contributed by atoms with Crippen LogP contribution in [0.5, 0.6) is 0 Å². The molecule has 0 radical (unpaired) electrons. The Morgan fingerprint density at radius 3 is 2.89 bits per heavy atom. The summed E-state index contributed by atoms with van der Waals surface area (Å²) >= 11 is 3.01. The molecule has 0 amide bonds.